The first-order valence-corrected chi connectivity index (χ1v) is 13.3. The second kappa shape index (κ2) is 9.47. The number of thioether (sulfide) groups is 1. The second-order valence-corrected chi connectivity index (χ2v) is 11.3. The van der Waals surface area contributed by atoms with Gasteiger partial charge < -0.3 is 19.6 Å². The van der Waals surface area contributed by atoms with Crippen LogP contribution in [0.1, 0.15) is 30.4 Å². The van der Waals surface area contributed by atoms with Gasteiger partial charge in [0.2, 0.25) is 5.91 Å². The third-order valence-corrected chi connectivity index (χ3v) is 9.37. The molecule has 35 heavy (non-hydrogen) atoms. The maximum atomic E-state index is 14.3. The van der Waals surface area contributed by atoms with E-state index in [4.69, 9.17) is 4.74 Å². The van der Waals surface area contributed by atoms with Crippen LogP contribution in [0.15, 0.2) is 42.5 Å². The van der Waals surface area contributed by atoms with E-state index in [0.717, 1.165) is 23.2 Å². The van der Waals surface area contributed by atoms with E-state index in [9.17, 15) is 19.5 Å². The van der Waals surface area contributed by atoms with E-state index in [2.05, 4.69) is 0 Å². The van der Waals surface area contributed by atoms with Crippen LogP contribution in [0.5, 0.6) is 0 Å². The Kier molecular flexibility index (Phi) is 6.53. The van der Waals surface area contributed by atoms with Crippen LogP contribution in [-0.4, -0.2) is 70.1 Å². The fraction of sp³-hybridized carbons (Fsp3) is 0.519. The lowest BCUT2D eigenvalue weighted by Gasteiger charge is -2.35. The lowest BCUT2D eigenvalue weighted by Crippen LogP contribution is -2.53. The Labute approximate surface area is 210 Å². The average molecular weight is 497 g/mol. The smallest absolute Gasteiger partial charge is 0.311 e. The van der Waals surface area contributed by atoms with E-state index < -0.39 is 22.6 Å². The maximum Gasteiger partial charge on any atom is 0.311 e. The summed E-state index contributed by atoms with van der Waals surface area (Å²) >= 11 is 1.56. The number of esters is 1. The number of carbonyl (C=O) groups is 3. The van der Waals surface area contributed by atoms with Gasteiger partial charge in [-0.3, -0.25) is 14.4 Å². The minimum absolute atomic E-state index is 0.101. The van der Waals surface area contributed by atoms with Crippen molar-refractivity contribution in [3.8, 4) is 0 Å². The summed E-state index contributed by atoms with van der Waals surface area (Å²) in [6.45, 7) is 5.14. The predicted octanol–water partition coefficient (Wildman–Crippen LogP) is 2.78. The number of unbranched alkanes of at least 4 members (excludes halogenated alkanes) is 2. The van der Waals surface area contributed by atoms with E-state index in [1.807, 2.05) is 56.4 Å². The summed E-state index contributed by atoms with van der Waals surface area (Å²) in [5.41, 5.74) is 2.91. The Morgan fingerprint density at radius 1 is 1.11 bits per heavy atom. The second-order valence-electron chi connectivity index (χ2n) is 9.86. The van der Waals surface area contributed by atoms with Crippen molar-refractivity contribution in [3.05, 3.63) is 53.6 Å². The molecule has 0 aromatic heterocycles. The zero-order chi connectivity index (χ0) is 24.7. The lowest BCUT2D eigenvalue weighted by atomic mass is 9.78. The summed E-state index contributed by atoms with van der Waals surface area (Å²) in [6.07, 6.45) is 9.92. The third kappa shape index (κ3) is 3.91. The number of nitrogens with zero attached hydrogens (tertiary/aromatic N) is 2. The molecule has 2 fully saturated rings. The summed E-state index contributed by atoms with van der Waals surface area (Å²) in [5.74, 6) is -1.87. The molecule has 1 spiro atoms. The Hall–Kier alpha value is -2.58. The third-order valence-electron chi connectivity index (χ3n) is 7.63. The highest BCUT2D eigenvalue weighted by molar-refractivity contribution is 8.02. The van der Waals surface area contributed by atoms with Gasteiger partial charge in [0.15, 0.2) is 0 Å². The minimum Gasteiger partial charge on any atom is -0.461 e. The van der Waals surface area contributed by atoms with Gasteiger partial charge in [-0.2, -0.15) is 0 Å². The maximum absolute atomic E-state index is 14.3. The number of aliphatic hydroxyl groups is 1. The van der Waals surface area contributed by atoms with Crippen molar-refractivity contribution in [2.45, 2.75) is 49.1 Å². The number of aliphatic hydroxyl groups excluding tert-OH is 1. The summed E-state index contributed by atoms with van der Waals surface area (Å²) < 4.78 is 4.59. The van der Waals surface area contributed by atoms with Gasteiger partial charge >= 0.3 is 5.97 Å². The first kappa shape index (κ1) is 24.1. The van der Waals surface area contributed by atoms with Crippen molar-refractivity contribution in [2.24, 2.45) is 11.8 Å². The molecular formula is C27H32N2O5S. The molecule has 0 bridgehead atoms. The standard InChI is InChI=1S/C27H32N2O5S/c1-17-9-10-18(2)19(16-17)28-13-7-11-27-22(21-20(35-27)8-6-15-34-26(21)33)24(31)29(23(27)25(28)32)12-4-3-5-14-30/h6-11,16,20-23,30H,3-5,12-15H2,1-2H3/t20-,21+,22-,23?,27-/m0/s1. The van der Waals surface area contributed by atoms with Crippen molar-refractivity contribution in [2.75, 3.05) is 31.2 Å². The number of amides is 2. The molecule has 1 N–H and O–H groups in total. The molecule has 4 aliphatic rings. The fourth-order valence-corrected chi connectivity index (χ4v) is 8.01. The van der Waals surface area contributed by atoms with Crippen molar-refractivity contribution >= 4 is 35.2 Å². The van der Waals surface area contributed by atoms with Crippen LogP contribution < -0.4 is 4.90 Å². The van der Waals surface area contributed by atoms with E-state index in [1.54, 1.807) is 21.6 Å². The number of carbonyl (C=O) groups excluding carboxylic acids is 3. The van der Waals surface area contributed by atoms with Crippen LogP contribution in [-0.2, 0) is 19.1 Å². The highest BCUT2D eigenvalue weighted by Crippen LogP contribution is 2.61. The van der Waals surface area contributed by atoms with Gasteiger partial charge in [-0.15, -0.1) is 11.8 Å². The summed E-state index contributed by atoms with van der Waals surface area (Å²) in [5, 5.41) is 8.98. The Balaban J connectivity index is 1.58. The molecule has 1 aromatic carbocycles. The molecule has 2 amide bonds. The van der Waals surface area contributed by atoms with Crippen LogP contribution in [0.3, 0.4) is 0 Å². The highest BCUT2D eigenvalue weighted by Gasteiger charge is 2.71. The van der Waals surface area contributed by atoms with Crippen LogP contribution >= 0.6 is 11.8 Å². The fourth-order valence-electron chi connectivity index (χ4n) is 6.01. The minimum atomic E-state index is -0.826. The molecule has 0 radical (unpaired) electrons. The quantitative estimate of drug-likeness (QED) is 0.370. The number of cyclic esters (lactones) is 1. The first-order chi connectivity index (χ1) is 16.9. The van der Waals surface area contributed by atoms with Gasteiger partial charge in [0.25, 0.3) is 5.91 Å². The molecule has 4 aliphatic heterocycles. The first-order valence-electron chi connectivity index (χ1n) is 12.4. The molecule has 7 nitrogen and oxygen atoms in total. The number of aryl methyl sites for hydroxylation is 2. The molecule has 5 rings (SSSR count). The van der Waals surface area contributed by atoms with E-state index in [-0.39, 0.29) is 36.2 Å². The summed E-state index contributed by atoms with van der Waals surface area (Å²) in [4.78, 5) is 44.8. The molecule has 186 valence electrons. The van der Waals surface area contributed by atoms with Gasteiger partial charge in [0, 0.05) is 30.6 Å². The van der Waals surface area contributed by atoms with Crippen molar-refractivity contribution in [3.63, 3.8) is 0 Å². The number of anilines is 1. The lowest BCUT2D eigenvalue weighted by molar-refractivity contribution is -0.151. The van der Waals surface area contributed by atoms with Crippen LogP contribution in [0, 0.1) is 25.7 Å². The van der Waals surface area contributed by atoms with Gasteiger partial charge in [-0.1, -0.05) is 36.4 Å². The number of fused-ring (bicyclic) bond motifs is 2. The van der Waals surface area contributed by atoms with Gasteiger partial charge in [-0.05, 0) is 50.3 Å². The zero-order valence-corrected chi connectivity index (χ0v) is 21.0. The van der Waals surface area contributed by atoms with Crippen LogP contribution in [0.2, 0.25) is 0 Å². The Bertz CT molecular complexity index is 1100. The monoisotopic (exact) mass is 496 g/mol. The largest absolute Gasteiger partial charge is 0.461 e. The number of hydrogen-bond donors (Lipinski definition) is 1. The molecule has 1 aromatic rings. The van der Waals surface area contributed by atoms with Crippen molar-refractivity contribution in [1.82, 2.24) is 4.90 Å². The van der Waals surface area contributed by atoms with Crippen molar-refractivity contribution in [1.29, 1.82) is 0 Å². The predicted molar refractivity (Wildman–Crippen MR) is 135 cm³/mol. The summed E-state index contributed by atoms with van der Waals surface area (Å²) in [6, 6.07) is 5.36. The van der Waals surface area contributed by atoms with Gasteiger partial charge in [0.05, 0.1) is 16.6 Å². The molecule has 2 saturated heterocycles. The number of ether oxygens (including phenoxy) is 1. The average Bonchev–Trinajstić information content (AvgIpc) is 3.13. The number of rotatable bonds is 6. The molecule has 0 saturated carbocycles. The number of benzene rings is 1. The van der Waals surface area contributed by atoms with E-state index >= 15 is 0 Å². The normalized spacial score (nSPS) is 31.7. The number of likely N-dealkylation sites (tertiary alicyclic amines) is 1. The van der Waals surface area contributed by atoms with Gasteiger partial charge in [-0.25, -0.2) is 0 Å². The molecule has 8 heteroatoms. The summed E-state index contributed by atoms with van der Waals surface area (Å²) in [7, 11) is 0. The van der Waals surface area contributed by atoms with Crippen LogP contribution in [0.25, 0.3) is 0 Å². The molecule has 0 aliphatic carbocycles. The van der Waals surface area contributed by atoms with Crippen molar-refractivity contribution < 1.29 is 24.2 Å². The molecular weight excluding hydrogens is 464 g/mol. The molecule has 4 heterocycles. The Morgan fingerprint density at radius 3 is 2.74 bits per heavy atom. The van der Waals surface area contributed by atoms with E-state index in [1.165, 1.54) is 0 Å². The zero-order valence-electron chi connectivity index (χ0n) is 20.2. The molecule has 5 atom stereocenters. The topological polar surface area (TPSA) is 87.2 Å². The van der Waals surface area contributed by atoms with Gasteiger partial charge in [0.1, 0.15) is 12.6 Å². The SMILES string of the molecule is Cc1ccc(C)c(N2CC=C[C@]34S[C@H]5C=CCOC(=O)[C@H]5[C@H]3C(=O)N(CCCCCO)C4C2=O)c1. The van der Waals surface area contributed by atoms with Crippen LogP contribution in [0.4, 0.5) is 5.69 Å². The molecule has 1 unspecified atom stereocenters. The Morgan fingerprint density at radius 2 is 1.94 bits per heavy atom. The van der Waals surface area contributed by atoms with E-state index in [0.29, 0.717) is 25.9 Å². The number of hydrogen-bond acceptors (Lipinski definition) is 6. The highest BCUT2D eigenvalue weighted by atomic mass is 32.2.